The van der Waals surface area contributed by atoms with Gasteiger partial charge in [0.15, 0.2) is 5.69 Å². The Bertz CT molecular complexity index is 627. The van der Waals surface area contributed by atoms with Crippen molar-refractivity contribution in [3.63, 3.8) is 0 Å². The number of esters is 1. The molecule has 0 saturated heterocycles. The first-order chi connectivity index (χ1) is 9.28. The van der Waals surface area contributed by atoms with Crippen LogP contribution in [0.1, 0.15) is 37.0 Å². The van der Waals surface area contributed by atoms with E-state index in [1.54, 1.807) is 6.92 Å². The van der Waals surface area contributed by atoms with Gasteiger partial charge in [0.05, 0.1) is 11.4 Å². The van der Waals surface area contributed by atoms with Crippen molar-refractivity contribution in [3.8, 4) is 5.69 Å². The number of hydrogen-bond acceptors (Lipinski definition) is 4. The minimum atomic E-state index is -0.557. The predicted octanol–water partition coefficient (Wildman–Crippen LogP) is 3.29. The van der Waals surface area contributed by atoms with Gasteiger partial charge < -0.3 is 4.74 Å². The topological polar surface area (TPSA) is 57.0 Å². The molecule has 20 heavy (non-hydrogen) atoms. The van der Waals surface area contributed by atoms with Crippen LogP contribution in [0.5, 0.6) is 0 Å². The van der Waals surface area contributed by atoms with E-state index in [9.17, 15) is 4.79 Å². The molecule has 0 amide bonds. The molecule has 6 heteroatoms. The summed E-state index contributed by atoms with van der Waals surface area (Å²) < 4.78 is 7.85. The summed E-state index contributed by atoms with van der Waals surface area (Å²) in [5.41, 5.74) is 1.09. The summed E-state index contributed by atoms with van der Waals surface area (Å²) >= 11 is 3.37. The largest absolute Gasteiger partial charge is 0.455 e. The van der Waals surface area contributed by atoms with Gasteiger partial charge in [-0.3, -0.25) is 0 Å². The molecule has 0 aliphatic carbocycles. The average molecular weight is 338 g/mol. The van der Waals surface area contributed by atoms with Crippen LogP contribution in [-0.4, -0.2) is 26.6 Å². The Morgan fingerprint density at radius 2 is 1.85 bits per heavy atom. The Hall–Kier alpha value is -1.69. The molecule has 106 valence electrons. The van der Waals surface area contributed by atoms with E-state index in [1.165, 1.54) is 4.68 Å². The molecular weight excluding hydrogens is 322 g/mol. The number of aromatic nitrogens is 3. The lowest BCUT2D eigenvalue weighted by molar-refractivity contribution is 0.00586. The molecule has 0 unspecified atom stereocenters. The van der Waals surface area contributed by atoms with Gasteiger partial charge in [-0.25, -0.2) is 9.48 Å². The molecule has 0 atom stereocenters. The highest BCUT2D eigenvalue weighted by atomic mass is 79.9. The fraction of sp³-hybridized carbons (Fsp3) is 0.357. The van der Waals surface area contributed by atoms with Gasteiger partial charge in [-0.05, 0) is 52.0 Å². The monoisotopic (exact) mass is 337 g/mol. The summed E-state index contributed by atoms with van der Waals surface area (Å²) in [7, 11) is 0. The van der Waals surface area contributed by atoms with Crippen molar-refractivity contribution in [3.05, 3.63) is 40.1 Å². The van der Waals surface area contributed by atoms with Crippen LogP contribution in [0.3, 0.4) is 0 Å². The molecule has 0 fully saturated rings. The van der Waals surface area contributed by atoms with Crippen LogP contribution in [-0.2, 0) is 4.74 Å². The lowest BCUT2D eigenvalue weighted by atomic mass is 10.2. The Labute approximate surface area is 126 Å². The van der Waals surface area contributed by atoms with Gasteiger partial charge in [0.25, 0.3) is 0 Å². The highest BCUT2D eigenvalue weighted by Gasteiger charge is 2.25. The van der Waals surface area contributed by atoms with Gasteiger partial charge in [-0.1, -0.05) is 21.1 Å². The SMILES string of the molecule is Cc1nnn(-c2ccc(Br)cc2)c1C(=O)OC(C)(C)C. The molecule has 5 nitrogen and oxygen atoms in total. The maximum Gasteiger partial charge on any atom is 0.359 e. The molecule has 1 aromatic carbocycles. The number of carbonyl (C=O) groups excluding carboxylic acids is 1. The highest BCUT2D eigenvalue weighted by Crippen LogP contribution is 2.19. The molecule has 0 saturated carbocycles. The zero-order valence-electron chi connectivity index (χ0n) is 11.8. The van der Waals surface area contributed by atoms with Crippen molar-refractivity contribution >= 4 is 21.9 Å². The quantitative estimate of drug-likeness (QED) is 0.789. The van der Waals surface area contributed by atoms with Crippen LogP contribution in [0.2, 0.25) is 0 Å². The van der Waals surface area contributed by atoms with E-state index in [-0.39, 0.29) is 0 Å². The van der Waals surface area contributed by atoms with Gasteiger partial charge in [0, 0.05) is 4.47 Å². The Balaban J connectivity index is 2.42. The molecule has 2 rings (SSSR count). The first-order valence-electron chi connectivity index (χ1n) is 6.19. The number of carbonyl (C=O) groups is 1. The summed E-state index contributed by atoms with van der Waals surface area (Å²) in [5, 5.41) is 7.98. The third kappa shape index (κ3) is 3.25. The van der Waals surface area contributed by atoms with Crippen molar-refractivity contribution in [2.45, 2.75) is 33.3 Å². The van der Waals surface area contributed by atoms with Crippen molar-refractivity contribution in [1.29, 1.82) is 0 Å². The van der Waals surface area contributed by atoms with Crippen LogP contribution >= 0.6 is 15.9 Å². The van der Waals surface area contributed by atoms with Gasteiger partial charge >= 0.3 is 5.97 Å². The molecule has 0 aliphatic rings. The number of nitrogens with zero attached hydrogens (tertiary/aromatic N) is 3. The van der Waals surface area contributed by atoms with E-state index in [4.69, 9.17) is 4.74 Å². The maximum absolute atomic E-state index is 12.3. The fourth-order valence-electron chi connectivity index (χ4n) is 1.68. The Morgan fingerprint density at radius 3 is 2.40 bits per heavy atom. The summed E-state index contributed by atoms with van der Waals surface area (Å²) in [6, 6.07) is 7.47. The minimum Gasteiger partial charge on any atom is -0.455 e. The third-order valence-corrected chi connectivity index (χ3v) is 3.03. The summed E-state index contributed by atoms with van der Waals surface area (Å²) in [6.45, 7) is 7.22. The van der Waals surface area contributed by atoms with Gasteiger partial charge in [0.2, 0.25) is 0 Å². The Morgan fingerprint density at radius 1 is 1.25 bits per heavy atom. The van der Waals surface area contributed by atoms with Crippen LogP contribution < -0.4 is 0 Å². The molecule has 0 radical (unpaired) electrons. The molecule has 0 N–H and O–H groups in total. The number of rotatable bonds is 2. The van der Waals surface area contributed by atoms with Crippen LogP contribution in [0.15, 0.2) is 28.7 Å². The zero-order chi connectivity index (χ0) is 14.9. The Kier molecular flexibility index (Phi) is 3.94. The number of ether oxygens (including phenoxy) is 1. The molecule has 0 aliphatic heterocycles. The van der Waals surface area contributed by atoms with E-state index in [1.807, 2.05) is 45.0 Å². The number of benzene rings is 1. The molecule has 1 aromatic heterocycles. The highest BCUT2D eigenvalue weighted by molar-refractivity contribution is 9.10. The fourth-order valence-corrected chi connectivity index (χ4v) is 1.95. The number of hydrogen-bond donors (Lipinski definition) is 0. The van der Waals surface area contributed by atoms with E-state index >= 15 is 0 Å². The van der Waals surface area contributed by atoms with Crippen molar-refractivity contribution in [2.75, 3.05) is 0 Å². The summed E-state index contributed by atoms with van der Waals surface area (Å²) in [5.74, 6) is -0.428. The van der Waals surface area contributed by atoms with Crippen LogP contribution in [0.4, 0.5) is 0 Å². The van der Waals surface area contributed by atoms with Crippen molar-refractivity contribution in [2.24, 2.45) is 0 Å². The molecule has 0 bridgehead atoms. The van der Waals surface area contributed by atoms with Crippen LogP contribution in [0.25, 0.3) is 5.69 Å². The van der Waals surface area contributed by atoms with E-state index in [2.05, 4.69) is 26.2 Å². The molecule has 0 spiro atoms. The molecular formula is C14H16BrN3O2. The first kappa shape index (κ1) is 14.7. The average Bonchev–Trinajstić information content (AvgIpc) is 2.70. The second-order valence-electron chi connectivity index (χ2n) is 5.41. The zero-order valence-corrected chi connectivity index (χ0v) is 13.4. The van der Waals surface area contributed by atoms with E-state index in [0.717, 1.165) is 10.2 Å². The molecule has 1 heterocycles. The lowest BCUT2D eigenvalue weighted by Crippen LogP contribution is -2.26. The number of halogens is 1. The standard InChI is InChI=1S/C14H16BrN3O2/c1-9-12(13(19)20-14(2,3)4)18(17-16-9)11-7-5-10(15)6-8-11/h5-8H,1-4H3. The summed E-state index contributed by atoms with van der Waals surface area (Å²) in [4.78, 5) is 12.3. The first-order valence-corrected chi connectivity index (χ1v) is 6.99. The van der Waals surface area contributed by atoms with Crippen molar-refractivity contribution in [1.82, 2.24) is 15.0 Å². The predicted molar refractivity (Wildman–Crippen MR) is 79.0 cm³/mol. The third-order valence-electron chi connectivity index (χ3n) is 2.50. The van der Waals surface area contributed by atoms with Crippen molar-refractivity contribution < 1.29 is 9.53 Å². The van der Waals surface area contributed by atoms with E-state index < -0.39 is 11.6 Å². The second-order valence-corrected chi connectivity index (χ2v) is 6.33. The van der Waals surface area contributed by atoms with Gasteiger partial charge in [-0.2, -0.15) is 0 Å². The van der Waals surface area contributed by atoms with Gasteiger partial charge in [0.1, 0.15) is 5.60 Å². The van der Waals surface area contributed by atoms with E-state index in [0.29, 0.717) is 11.4 Å². The normalized spacial score (nSPS) is 11.4. The minimum absolute atomic E-state index is 0.349. The molecule has 2 aromatic rings. The summed E-state index contributed by atoms with van der Waals surface area (Å²) in [6.07, 6.45) is 0. The second kappa shape index (κ2) is 5.36. The smallest absolute Gasteiger partial charge is 0.359 e. The lowest BCUT2D eigenvalue weighted by Gasteiger charge is -2.19. The maximum atomic E-state index is 12.3. The number of aryl methyl sites for hydroxylation is 1. The van der Waals surface area contributed by atoms with Crippen LogP contribution in [0, 0.1) is 6.92 Å². The van der Waals surface area contributed by atoms with Gasteiger partial charge in [-0.15, -0.1) is 5.10 Å².